The van der Waals surface area contributed by atoms with Crippen molar-refractivity contribution >= 4 is 15.9 Å². The van der Waals surface area contributed by atoms with Crippen molar-refractivity contribution in [2.45, 2.75) is 69.2 Å². The van der Waals surface area contributed by atoms with Crippen LogP contribution >= 0.6 is 0 Å². The Morgan fingerprint density at radius 1 is 1.00 bits per heavy atom. The average molecular weight is 379 g/mol. The summed E-state index contributed by atoms with van der Waals surface area (Å²) < 4.78 is 28.1. The summed E-state index contributed by atoms with van der Waals surface area (Å²) >= 11 is 0. The number of nitrogens with zero attached hydrogens (tertiary/aromatic N) is 1. The highest BCUT2D eigenvalue weighted by molar-refractivity contribution is 7.89. The van der Waals surface area contributed by atoms with Crippen LogP contribution in [-0.4, -0.2) is 38.4 Å². The van der Waals surface area contributed by atoms with Gasteiger partial charge in [0.2, 0.25) is 10.0 Å². The van der Waals surface area contributed by atoms with Gasteiger partial charge in [-0.2, -0.15) is 0 Å². The van der Waals surface area contributed by atoms with Gasteiger partial charge in [-0.3, -0.25) is 4.79 Å². The molecule has 1 heterocycles. The van der Waals surface area contributed by atoms with Crippen molar-refractivity contribution < 1.29 is 13.2 Å². The van der Waals surface area contributed by atoms with Gasteiger partial charge in [0, 0.05) is 24.7 Å². The second-order valence-corrected chi connectivity index (χ2v) is 9.55. The number of nitrogens with one attached hydrogen (secondary N) is 1. The molecule has 1 aliphatic carbocycles. The number of hydrogen-bond acceptors (Lipinski definition) is 3. The minimum absolute atomic E-state index is 0.00257. The van der Waals surface area contributed by atoms with Gasteiger partial charge in [-0.15, -0.1) is 0 Å². The highest BCUT2D eigenvalue weighted by Crippen LogP contribution is 2.21. The Kier molecular flexibility index (Phi) is 6.35. The fourth-order valence-corrected chi connectivity index (χ4v) is 5.32. The van der Waals surface area contributed by atoms with Crippen LogP contribution in [0.4, 0.5) is 0 Å². The standard InChI is InChI=1S/C20H30N2O3S/c1-16-7-6-14-22(15-16)20(23)17-10-12-19(13-11-17)26(24,25)21-18-8-4-2-3-5-9-18/h10-13,16,18,21H,2-9,14-15H2,1H3. The third-order valence-corrected chi connectivity index (χ3v) is 7.07. The molecule has 2 fully saturated rings. The minimum atomic E-state index is -3.53. The summed E-state index contributed by atoms with van der Waals surface area (Å²) in [6.07, 6.45) is 8.53. The lowest BCUT2D eigenvalue weighted by Gasteiger charge is -2.31. The zero-order valence-corrected chi connectivity index (χ0v) is 16.4. The number of hydrogen-bond donors (Lipinski definition) is 1. The molecule has 1 unspecified atom stereocenters. The van der Waals surface area contributed by atoms with Gasteiger partial charge >= 0.3 is 0 Å². The van der Waals surface area contributed by atoms with Crippen LogP contribution in [0.25, 0.3) is 0 Å². The molecule has 1 aromatic carbocycles. The summed E-state index contributed by atoms with van der Waals surface area (Å²) in [7, 11) is -3.53. The van der Waals surface area contributed by atoms with E-state index in [9.17, 15) is 13.2 Å². The number of benzene rings is 1. The van der Waals surface area contributed by atoms with Crippen LogP contribution in [0.1, 0.15) is 68.6 Å². The molecule has 0 radical (unpaired) electrons. The molecule has 1 saturated carbocycles. The lowest BCUT2D eigenvalue weighted by Crippen LogP contribution is -2.39. The molecule has 0 aromatic heterocycles. The maximum absolute atomic E-state index is 12.6. The molecule has 1 atom stereocenters. The van der Waals surface area contributed by atoms with Crippen LogP contribution < -0.4 is 4.72 Å². The smallest absolute Gasteiger partial charge is 0.253 e. The number of carbonyl (C=O) groups excluding carboxylic acids is 1. The fourth-order valence-electron chi connectivity index (χ4n) is 4.02. The normalized spacial score (nSPS) is 22.8. The third kappa shape index (κ3) is 4.86. The van der Waals surface area contributed by atoms with E-state index in [0.29, 0.717) is 11.5 Å². The van der Waals surface area contributed by atoms with Crippen LogP contribution in [0.5, 0.6) is 0 Å². The Labute approximate surface area is 157 Å². The number of amides is 1. The molecule has 1 aliphatic heterocycles. The summed E-state index contributed by atoms with van der Waals surface area (Å²) in [5, 5.41) is 0. The minimum Gasteiger partial charge on any atom is -0.338 e. The van der Waals surface area contributed by atoms with Crippen molar-refractivity contribution in [2.24, 2.45) is 5.92 Å². The topological polar surface area (TPSA) is 66.5 Å². The monoisotopic (exact) mass is 378 g/mol. The Morgan fingerprint density at radius 3 is 2.27 bits per heavy atom. The first-order valence-corrected chi connectivity index (χ1v) is 11.4. The predicted octanol–water partition coefficient (Wildman–Crippen LogP) is 3.56. The first-order valence-electron chi connectivity index (χ1n) is 9.87. The molecule has 0 spiro atoms. The van der Waals surface area contributed by atoms with Gasteiger partial charge in [0.05, 0.1) is 4.90 Å². The van der Waals surface area contributed by atoms with E-state index in [1.165, 1.54) is 12.8 Å². The van der Waals surface area contributed by atoms with E-state index in [-0.39, 0.29) is 16.8 Å². The lowest BCUT2D eigenvalue weighted by atomic mass is 9.99. The molecule has 0 bridgehead atoms. The van der Waals surface area contributed by atoms with Crippen LogP contribution in [0.2, 0.25) is 0 Å². The van der Waals surface area contributed by atoms with Gasteiger partial charge in [-0.1, -0.05) is 32.6 Å². The maximum Gasteiger partial charge on any atom is 0.253 e. The van der Waals surface area contributed by atoms with Gasteiger partial charge in [-0.25, -0.2) is 13.1 Å². The summed E-state index contributed by atoms with van der Waals surface area (Å²) in [4.78, 5) is 14.7. The van der Waals surface area contributed by atoms with Crippen LogP contribution in [-0.2, 0) is 10.0 Å². The number of rotatable bonds is 4. The lowest BCUT2D eigenvalue weighted by molar-refractivity contribution is 0.0683. The van der Waals surface area contributed by atoms with Crippen molar-refractivity contribution in [3.63, 3.8) is 0 Å². The molecule has 5 nitrogen and oxygen atoms in total. The van der Waals surface area contributed by atoms with Crippen molar-refractivity contribution in [3.05, 3.63) is 29.8 Å². The maximum atomic E-state index is 12.6. The van der Waals surface area contributed by atoms with Crippen LogP contribution in [0.15, 0.2) is 29.2 Å². The molecular formula is C20H30N2O3S. The predicted molar refractivity (Wildman–Crippen MR) is 103 cm³/mol. The number of sulfonamides is 1. The average Bonchev–Trinajstić information content (AvgIpc) is 2.89. The summed E-state index contributed by atoms with van der Waals surface area (Å²) in [6.45, 7) is 3.73. The molecule has 2 aliphatic rings. The van der Waals surface area contributed by atoms with E-state index in [4.69, 9.17) is 0 Å². The van der Waals surface area contributed by atoms with Crippen LogP contribution in [0.3, 0.4) is 0 Å². The Morgan fingerprint density at radius 2 is 1.65 bits per heavy atom. The van der Waals surface area contributed by atoms with E-state index in [1.807, 2.05) is 4.90 Å². The highest BCUT2D eigenvalue weighted by Gasteiger charge is 2.24. The molecule has 6 heteroatoms. The second-order valence-electron chi connectivity index (χ2n) is 7.83. The zero-order valence-electron chi connectivity index (χ0n) is 15.6. The molecule has 1 amide bonds. The molecule has 1 saturated heterocycles. The van der Waals surface area contributed by atoms with Gasteiger partial charge in [0.15, 0.2) is 0 Å². The molecule has 1 aromatic rings. The summed E-state index contributed by atoms with van der Waals surface area (Å²) in [6, 6.07) is 6.42. The number of carbonyl (C=O) groups is 1. The molecule has 1 N–H and O–H groups in total. The first-order chi connectivity index (χ1) is 12.5. The van der Waals surface area contributed by atoms with E-state index in [2.05, 4.69) is 11.6 Å². The zero-order chi connectivity index (χ0) is 18.6. The summed E-state index contributed by atoms with van der Waals surface area (Å²) in [5.41, 5.74) is 0.563. The second kappa shape index (κ2) is 8.53. The molecular weight excluding hydrogens is 348 g/mol. The molecule has 3 rings (SSSR count). The van der Waals surface area contributed by atoms with Crippen molar-refractivity contribution in [2.75, 3.05) is 13.1 Å². The van der Waals surface area contributed by atoms with Gasteiger partial charge < -0.3 is 4.90 Å². The molecule has 26 heavy (non-hydrogen) atoms. The number of likely N-dealkylation sites (tertiary alicyclic amines) is 1. The summed E-state index contributed by atoms with van der Waals surface area (Å²) in [5.74, 6) is 0.522. The number of piperidine rings is 1. The van der Waals surface area contributed by atoms with Gasteiger partial charge in [0.1, 0.15) is 0 Å². The van der Waals surface area contributed by atoms with Crippen molar-refractivity contribution in [3.8, 4) is 0 Å². The van der Waals surface area contributed by atoms with Crippen molar-refractivity contribution in [1.29, 1.82) is 0 Å². The van der Waals surface area contributed by atoms with Crippen molar-refractivity contribution in [1.82, 2.24) is 9.62 Å². The van der Waals surface area contributed by atoms with E-state index in [1.54, 1.807) is 24.3 Å². The van der Waals surface area contributed by atoms with Gasteiger partial charge in [-0.05, 0) is 55.9 Å². The Bertz CT molecular complexity index is 707. The van der Waals surface area contributed by atoms with E-state index in [0.717, 1.165) is 51.6 Å². The fraction of sp³-hybridized carbons (Fsp3) is 0.650. The van der Waals surface area contributed by atoms with Crippen LogP contribution in [0, 0.1) is 5.92 Å². The first kappa shape index (κ1) is 19.4. The van der Waals surface area contributed by atoms with E-state index < -0.39 is 10.0 Å². The SMILES string of the molecule is CC1CCCN(C(=O)c2ccc(S(=O)(=O)NC3CCCCCC3)cc2)C1. The molecule has 144 valence electrons. The quantitative estimate of drug-likeness (QED) is 0.815. The Hall–Kier alpha value is -1.40. The van der Waals surface area contributed by atoms with E-state index >= 15 is 0 Å². The highest BCUT2D eigenvalue weighted by atomic mass is 32.2. The Balaban J connectivity index is 1.66. The largest absolute Gasteiger partial charge is 0.338 e. The van der Waals surface area contributed by atoms with Gasteiger partial charge in [0.25, 0.3) is 5.91 Å². The third-order valence-electron chi connectivity index (χ3n) is 5.53.